The molecule has 0 spiro atoms. The number of anilines is 1. The topological polar surface area (TPSA) is 15.3 Å². The van der Waals surface area contributed by atoms with Gasteiger partial charge in [-0.05, 0) is 30.8 Å². The molecule has 0 saturated carbocycles. The van der Waals surface area contributed by atoms with Gasteiger partial charge in [0.1, 0.15) is 5.82 Å². The summed E-state index contributed by atoms with van der Waals surface area (Å²) in [6, 6.07) is 4.33. The normalized spacial score (nSPS) is 10.9. The van der Waals surface area contributed by atoms with Gasteiger partial charge in [0, 0.05) is 19.3 Å². The van der Waals surface area contributed by atoms with E-state index in [2.05, 4.69) is 5.32 Å². The van der Waals surface area contributed by atoms with Crippen LogP contribution in [0.3, 0.4) is 0 Å². The summed E-state index contributed by atoms with van der Waals surface area (Å²) in [5, 5.41) is 2.88. The van der Waals surface area contributed by atoms with Crippen molar-refractivity contribution in [1.29, 1.82) is 0 Å². The minimum absolute atomic E-state index is 0.400. The lowest BCUT2D eigenvalue weighted by Gasteiger charge is -2.19. The van der Waals surface area contributed by atoms with Gasteiger partial charge in [-0.3, -0.25) is 0 Å². The Labute approximate surface area is 93.1 Å². The largest absolute Gasteiger partial charge is 0.369 e. The van der Waals surface area contributed by atoms with Crippen molar-refractivity contribution in [2.75, 3.05) is 25.5 Å². The standard InChI is InChI=1S/C11H15F3N2/c1-15-6-8-3-9(12)5-10(4-8)16(2)7-11(13)14/h3-5,11,15H,6-7H2,1-2H3. The summed E-state index contributed by atoms with van der Waals surface area (Å²) in [5.74, 6) is -0.413. The second-order valence-corrected chi connectivity index (χ2v) is 3.62. The molecule has 0 aliphatic heterocycles. The lowest BCUT2D eigenvalue weighted by molar-refractivity contribution is 0.156. The van der Waals surface area contributed by atoms with E-state index < -0.39 is 18.8 Å². The molecule has 0 aliphatic rings. The average molecular weight is 232 g/mol. The minimum atomic E-state index is -2.43. The molecule has 5 heteroatoms. The van der Waals surface area contributed by atoms with Crippen molar-refractivity contribution in [2.24, 2.45) is 0 Å². The molecule has 0 radical (unpaired) electrons. The molecule has 0 fully saturated rings. The summed E-state index contributed by atoms with van der Waals surface area (Å²) in [6.45, 7) is 0.107. The highest BCUT2D eigenvalue weighted by atomic mass is 19.3. The first-order valence-electron chi connectivity index (χ1n) is 4.96. The van der Waals surface area contributed by atoms with E-state index >= 15 is 0 Å². The smallest absolute Gasteiger partial charge is 0.255 e. The first-order valence-corrected chi connectivity index (χ1v) is 4.96. The number of halogens is 3. The van der Waals surface area contributed by atoms with Gasteiger partial charge in [-0.25, -0.2) is 13.2 Å². The summed E-state index contributed by atoms with van der Waals surface area (Å²) in [4.78, 5) is 1.34. The highest BCUT2D eigenvalue weighted by Crippen LogP contribution is 2.18. The Hall–Kier alpha value is -1.23. The molecule has 0 amide bonds. The molecule has 0 heterocycles. The van der Waals surface area contributed by atoms with E-state index in [1.54, 1.807) is 13.1 Å². The van der Waals surface area contributed by atoms with Gasteiger partial charge in [-0.1, -0.05) is 0 Å². The summed E-state index contributed by atoms with van der Waals surface area (Å²) in [7, 11) is 3.26. The predicted octanol–water partition coefficient (Wildman–Crippen LogP) is 2.25. The maximum Gasteiger partial charge on any atom is 0.255 e. The zero-order chi connectivity index (χ0) is 12.1. The van der Waals surface area contributed by atoms with Gasteiger partial charge in [-0.15, -0.1) is 0 Å². The summed E-state index contributed by atoms with van der Waals surface area (Å²) >= 11 is 0. The van der Waals surface area contributed by atoms with Crippen molar-refractivity contribution in [2.45, 2.75) is 13.0 Å². The van der Waals surface area contributed by atoms with E-state index in [1.165, 1.54) is 24.1 Å². The maximum atomic E-state index is 13.2. The number of hydrogen-bond acceptors (Lipinski definition) is 2. The molecule has 0 bridgehead atoms. The fraction of sp³-hybridized carbons (Fsp3) is 0.455. The fourth-order valence-corrected chi connectivity index (χ4v) is 1.47. The molecule has 0 saturated heterocycles. The van der Waals surface area contributed by atoms with E-state index in [-0.39, 0.29) is 0 Å². The number of rotatable bonds is 5. The first kappa shape index (κ1) is 12.8. The third kappa shape index (κ3) is 3.73. The van der Waals surface area contributed by atoms with Crippen molar-refractivity contribution in [3.05, 3.63) is 29.6 Å². The second-order valence-electron chi connectivity index (χ2n) is 3.62. The molecule has 0 aromatic heterocycles. The van der Waals surface area contributed by atoms with Gasteiger partial charge in [0.25, 0.3) is 6.43 Å². The van der Waals surface area contributed by atoms with Crippen molar-refractivity contribution in [3.8, 4) is 0 Å². The van der Waals surface area contributed by atoms with Crippen LogP contribution in [0.15, 0.2) is 18.2 Å². The molecule has 1 aromatic carbocycles. The van der Waals surface area contributed by atoms with Crippen molar-refractivity contribution < 1.29 is 13.2 Å². The Morgan fingerprint density at radius 3 is 2.56 bits per heavy atom. The average Bonchev–Trinajstić information content (AvgIpc) is 2.16. The number of alkyl halides is 2. The minimum Gasteiger partial charge on any atom is -0.369 e. The van der Waals surface area contributed by atoms with Crippen LogP contribution in [0.4, 0.5) is 18.9 Å². The van der Waals surface area contributed by atoms with E-state index in [0.29, 0.717) is 12.2 Å². The second kappa shape index (κ2) is 5.75. The Morgan fingerprint density at radius 1 is 1.31 bits per heavy atom. The summed E-state index contributed by atoms with van der Waals surface area (Å²) in [5.41, 5.74) is 1.20. The highest BCUT2D eigenvalue weighted by Gasteiger charge is 2.10. The monoisotopic (exact) mass is 232 g/mol. The van der Waals surface area contributed by atoms with Crippen LogP contribution in [0.1, 0.15) is 5.56 Å². The molecular formula is C11H15F3N2. The molecule has 1 rings (SSSR count). The zero-order valence-corrected chi connectivity index (χ0v) is 9.30. The van der Waals surface area contributed by atoms with E-state index in [0.717, 1.165) is 5.56 Å². The van der Waals surface area contributed by atoms with Gasteiger partial charge in [0.05, 0.1) is 6.54 Å². The van der Waals surface area contributed by atoms with Gasteiger partial charge >= 0.3 is 0 Å². The SMILES string of the molecule is CNCc1cc(F)cc(N(C)CC(F)F)c1. The van der Waals surface area contributed by atoms with Gasteiger partial charge in [0.15, 0.2) is 0 Å². The summed E-state index contributed by atoms with van der Waals surface area (Å²) in [6.07, 6.45) is -2.43. The molecule has 1 aromatic rings. The molecular weight excluding hydrogens is 217 g/mol. The lowest BCUT2D eigenvalue weighted by Crippen LogP contribution is -2.24. The quantitative estimate of drug-likeness (QED) is 0.837. The molecule has 90 valence electrons. The summed E-state index contributed by atoms with van der Waals surface area (Å²) < 4.78 is 37.6. The fourth-order valence-electron chi connectivity index (χ4n) is 1.47. The van der Waals surface area contributed by atoms with Crippen molar-refractivity contribution in [1.82, 2.24) is 5.32 Å². The lowest BCUT2D eigenvalue weighted by atomic mass is 10.2. The van der Waals surface area contributed by atoms with E-state index in [9.17, 15) is 13.2 Å². The molecule has 16 heavy (non-hydrogen) atoms. The highest BCUT2D eigenvalue weighted by molar-refractivity contribution is 5.48. The maximum absolute atomic E-state index is 13.2. The molecule has 2 nitrogen and oxygen atoms in total. The van der Waals surface area contributed by atoms with Crippen LogP contribution < -0.4 is 10.2 Å². The number of nitrogens with one attached hydrogen (secondary N) is 1. The van der Waals surface area contributed by atoms with Crippen LogP contribution in [0, 0.1) is 5.82 Å². The van der Waals surface area contributed by atoms with Gasteiger partial charge in [-0.2, -0.15) is 0 Å². The van der Waals surface area contributed by atoms with Crippen LogP contribution >= 0.6 is 0 Å². The molecule has 0 aliphatic carbocycles. The van der Waals surface area contributed by atoms with Crippen LogP contribution in [0.5, 0.6) is 0 Å². The zero-order valence-electron chi connectivity index (χ0n) is 9.30. The van der Waals surface area contributed by atoms with E-state index in [4.69, 9.17) is 0 Å². The Morgan fingerprint density at radius 2 is 2.00 bits per heavy atom. The van der Waals surface area contributed by atoms with Crippen molar-refractivity contribution in [3.63, 3.8) is 0 Å². The van der Waals surface area contributed by atoms with Gasteiger partial charge < -0.3 is 10.2 Å². The van der Waals surface area contributed by atoms with Gasteiger partial charge in [0.2, 0.25) is 0 Å². The molecule has 0 atom stereocenters. The predicted molar refractivity (Wildman–Crippen MR) is 58.4 cm³/mol. The Kier molecular flexibility index (Phi) is 4.61. The third-order valence-electron chi connectivity index (χ3n) is 2.18. The van der Waals surface area contributed by atoms with Crippen molar-refractivity contribution >= 4 is 5.69 Å². The Balaban J connectivity index is 2.86. The first-order chi connectivity index (χ1) is 7.52. The van der Waals surface area contributed by atoms with Crippen LogP contribution in [-0.2, 0) is 6.54 Å². The number of hydrogen-bond donors (Lipinski definition) is 1. The van der Waals surface area contributed by atoms with Crippen LogP contribution in [0.2, 0.25) is 0 Å². The molecule has 0 unspecified atom stereocenters. The van der Waals surface area contributed by atoms with Crippen LogP contribution in [-0.4, -0.2) is 27.1 Å². The Bertz CT molecular complexity index is 342. The van der Waals surface area contributed by atoms with E-state index in [1.807, 2.05) is 0 Å². The van der Waals surface area contributed by atoms with Crippen LogP contribution in [0.25, 0.3) is 0 Å². The number of benzene rings is 1. The number of nitrogens with zero attached hydrogens (tertiary/aromatic N) is 1. The molecule has 1 N–H and O–H groups in total. The third-order valence-corrected chi connectivity index (χ3v) is 2.18.